The number of ether oxygens (including phenoxy) is 1. The highest BCUT2D eigenvalue weighted by Crippen LogP contribution is 2.25. The summed E-state index contributed by atoms with van der Waals surface area (Å²) in [5, 5.41) is 4.10. The molecule has 5 heteroatoms. The van der Waals surface area contributed by atoms with E-state index in [9.17, 15) is 0 Å². The predicted octanol–water partition coefficient (Wildman–Crippen LogP) is 3.32. The number of hydrogen-bond donors (Lipinski definition) is 0. The Morgan fingerprint density at radius 3 is 2.75 bits per heavy atom. The molecule has 1 saturated heterocycles. The lowest BCUT2D eigenvalue weighted by Crippen LogP contribution is -2.44. The predicted molar refractivity (Wildman–Crippen MR) is 79.8 cm³/mol. The van der Waals surface area contributed by atoms with E-state index in [2.05, 4.69) is 29.1 Å². The Bertz CT molecular complexity index is 554. The minimum Gasteiger partial charge on any atom is -0.441 e. The Labute approximate surface area is 123 Å². The van der Waals surface area contributed by atoms with E-state index in [-0.39, 0.29) is 12.2 Å². The van der Waals surface area contributed by atoms with E-state index in [1.807, 2.05) is 18.4 Å². The molecule has 1 aliphatic rings. The molecule has 3 rings (SSSR count). The molecule has 0 amide bonds. The molecule has 1 aliphatic heterocycles. The summed E-state index contributed by atoms with van der Waals surface area (Å²) >= 11 is 1.66. The van der Waals surface area contributed by atoms with Gasteiger partial charge in [-0.25, -0.2) is 4.98 Å². The van der Waals surface area contributed by atoms with Gasteiger partial charge in [0.2, 0.25) is 5.89 Å². The molecule has 0 aliphatic carbocycles. The molecule has 2 aromatic heterocycles. The van der Waals surface area contributed by atoms with Crippen LogP contribution in [0.1, 0.15) is 25.3 Å². The van der Waals surface area contributed by atoms with Gasteiger partial charge in [0, 0.05) is 30.6 Å². The lowest BCUT2D eigenvalue weighted by atomic mass is 10.2. The maximum absolute atomic E-state index is 5.79. The van der Waals surface area contributed by atoms with Crippen LogP contribution in [0.4, 0.5) is 0 Å². The summed E-state index contributed by atoms with van der Waals surface area (Å²) in [5.74, 6) is 1.64. The van der Waals surface area contributed by atoms with Gasteiger partial charge in [0.1, 0.15) is 5.76 Å². The second-order valence-corrected chi connectivity index (χ2v) is 6.27. The fourth-order valence-corrected chi connectivity index (χ4v) is 3.34. The van der Waals surface area contributed by atoms with Crippen LogP contribution in [0.2, 0.25) is 0 Å². The van der Waals surface area contributed by atoms with Gasteiger partial charge in [-0.2, -0.15) is 11.3 Å². The Morgan fingerprint density at radius 1 is 1.35 bits per heavy atom. The number of rotatable bonds is 3. The number of nitrogens with zero attached hydrogens (tertiary/aromatic N) is 2. The van der Waals surface area contributed by atoms with E-state index >= 15 is 0 Å². The van der Waals surface area contributed by atoms with E-state index in [4.69, 9.17) is 9.15 Å². The van der Waals surface area contributed by atoms with Gasteiger partial charge in [-0.15, -0.1) is 0 Å². The summed E-state index contributed by atoms with van der Waals surface area (Å²) < 4.78 is 11.6. The second kappa shape index (κ2) is 5.68. The molecular formula is C15H20N2O2S. The van der Waals surface area contributed by atoms with E-state index in [0.29, 0.717) is 0 Å². The fourth-order valence-electron chi connectivity index (χ4n) is 2.71. The van der Waals surface area contributed by atoms with Gasteiger partial charge in [-0.3, -0.25) is 4.90 Å². The van der Waals surface area contributed by atoms with Gasteiger partial charge in [0.25, 0.3) is 0 Å². The van der Waals surface area contributed by atoms with Crippen molar-refractivity contribution in [3.63, 3.8) is 0 Å². The van der Waals surface area contributed by atoms with Gasteiger partial charge in [-0.05, 0) is 32.2 Å². The van der Waals surface area contributed by atoms with E-state index in [1.54, 1.807) is 11.3 Å². The molecule has 2 atom stereocenters. The minimum absolute atomic E-state index is 0.280. The van der Waals surface area contributed by atoms with Crippen LogP contribution in [0, 0.1) is 6.92 Å². The number of morpholine rings is 1. The summed E-state index contributed by atoms with van der Waals surface area (Å²) in [4.78, 5) is 7.04. The summed E-state index contributed by atoms with van der Waals surface area (Å²) in [6.07, 6.45) is 0.560. The Kier molecular flexibility index (Phi) is 3.92. The van der Waals surface area contributed by atoms with Crippen molar-refractivity contribution in [2.24, 2.45) is 0 Å². The van der Waals surface area contributed by atoms with Crippen molar-refractivity contribution >= 4 is 11.3 Å². The minimum atomic E-state index is 0.280. The van der Waals surface area contributed by atoms with Crippen LogP contribution in [0.5, 0.6) is 0 Å². The number of thiophene rings is 1. The van der Waals surface area contributed by atoms with Crippen LogP contribution in [-0.4, -0.2) is 35.2 Å². The van der Waals surface area contributed by atoms with Gasteiger partial charge >= 0.3 is 0 Å². The highest BCUT2D eigenvalue weighted by Gasteiger charge is 2.24. The van der Waals surface area contributed by atoms with Crippen LogP contribution < -0.4 is 0 Å². The molecule has 0 radical (unpaired) electrons. The molecule has 4 nitrogen and oxygen atoms in total. The molecule has 108 valence electrons. The quantitative estimate of drug-likeness (QED) is 0.870. The summed E-state index contributed by atoms with van der Waals surface area (Å²) in [6, 6.07) is 2.04. The van der Waals surface area contributed by atoms with Crippen LogP contribution in [0.3, 0.4) is 0 Å². The molecular weight excluding hydrogens is 272 g/mol. The highest BCUT2D eigenvalue weighted by atomic mass is 32.1. The first-order valence-corrected chi connectivity index (χ1v) is 7.93. The average Bonchev–Trinajstić information content (AvgIpc) is 2.98. The monoisotopic (exact) mass is 292 g/mol. The first-order valence-electron chi connectivity index (χ1n) is 6.98. The molecule has 0 aromatic carbocycles. The summed E-state index contributed by atoms with van der Waals surface area (Å²) in [7, 11) is 0. The third kappa shape index (κ3) is 2.95. The second-order valence-electron chi connectivity index (χ2n) is 5.49. The van der Waals surface area contributed by atoms with Crippen molar-refractivity contribution in [2.45, 2.75) is 39.5 Å². The zero-order valence-corrected chi connectivity index (χ0v) is 12.9. The first-order chi connectivity index (χ1) is 9.61. The number of aromatic nitrogens is 1. The van der Waals surface area contributed by atoms with Crippen molar-refractivity contribution < 1.29 is 9.15 Å². The van der Waals surface area contributed by atoms with Crippen molar-refractivity contribution in [1.29, 1.82) is 0 Å². The van der Waals surface area contributed by atoms with E-state index in [0.717, 1.165) is 42.5 Å². The maximum Gasteiger partial charge on any atom is 0.227 e. The molecule has 20 heavy (non-hydrogen) atoms. The zero-order valence-electron chi connectivity index (χ0n) is 12.1. The SMILES string of the molecule is Cc1oc(-c2ccsc2)nc1CN1C[C@@H](C)O[C@@H](C)C1. The van der Waals surface area contributed by atoms with Crippen molar-refractivity contribution in [2.75, 3.05) is 13.1 Å². The van der Waals surface area contributed by atoms with Crippen LogP contribution in [0.15, 0.2) is 21.2 Å². The van der Waals surface area contributed by atoms with E-state index in [1.165, 1.54) is 0 Å². The number of aryl methyl sites for hydroxylation is 1. The molecule has 0 unspecified atom stereocenters. The van der Waals surface area contributed by atoms with Gasteiger partial charge in [0.05, 0.1) is 17.9 Å². The van der Waals surface area contributed by atoms with Gasteiger partial charge < -0.3 is 9.15 Å². The lowest BCUT2D eigenvalue weighted by Gasteiger charge is -2.34. The fraction of sp³-hybridized carbons (Fsp3) is 0.533. The molecule has 0 spiro atoms. The number of hydrogen-bond acceptors (Lipinski definition) is 5. The molecule has 1 fully saturated rings. The average molecular weight is 292 g/mol. The maximum atomic E-state index is 5.79. The topological polar surface area (TPSA) is 38.5 Å². The Morgan fingerprint density at radius 2 is 2.10 bits per heavy atom. The Balaban J connectivity index is 1.74. The summed E-state index contributed by atoms with van der Waals surface area (Å²) in [5.41, 5.74) is 2.10. The Hall–Kier alpha value is -1.17. The van der Waals surface area contributed by atoms with Crippen LogP contribution in [0.25, 0.3) is 11.5 Å². The molecule has 0 bridgehead atoms. The van der Waals surface area contributed by atoms with Crippen molar-refractivity contribution in [1.82, 2.24) is 9.88 Å². The van der Waals surface area contributed by atoms with Gasteiger partial charge in [-0.1, -0.05) is 0 Å². The molecule has 2 aromatic rings. The summed E-state index contributed by atoms with van der Waals surface area (Å²) in [6.45, 7) is 8.96. The molecule has 0 saturated carbocycles. The zero-order chi connectivity index (χ0) is 14.1. The molecule has 3 heterocycles. The van der Waals surface area contributed by atoms with Crippen LogP contribution >= 0.6 is 11.3 Å². The number of oxazole rings is 1. The molecule has 0 N–H and O–H groups in total. The third-order valence-electron chi connectivity index (χ3n) is 3.53. The normalized spacial score (nSPS) is 24.1. The third-order valence-corrected chi connectivity index (χ3v) is 4.21. The van der Waals surface area contributed by atoms with Crippen LogP contribution in [-0.2, 0) is 11.3 Å². The standard InChI is InChI=1S/C15H20N2O2S/c1-10-6-17(7-11(2)18-10)8-14-12(3)19-15(16-14)13-4-5-20-9-13/h4-5,9-11H,6-8H2,1-3H3/t10-,11+. The smallest absolute Gasteiger partial charge is 0.227 e. The first kappa shape index (κ1) is 13.8. The lowest BCUT2D eigenvalue weighted by molar-refractivity contribution is -0.0708. The van der Waals surface area contributed by atoms with Crippen molar-refractivity contribution in [3.05, 3.63) is 28.3 Å². The highest BCUT2D eigenvalue weighted by molar-refractivity contribution is 7.08. The van der Waals surface area contributed by atoms with Crippen molar-refractivity contribution in [3.8, 4) is 11.5 Å². The van der Waals surface area contributed by atoms with E-state index < -0.39 is 0 Å². The largest absolute Gasteiger partial charge is 0.441 e. The van der Waals surface area contributed by atoms with Gasteiger partial charge in [0.15, 0.2) is 0 Å².